The molecule has 1 aromatic rings. The summed E-state index contributed by atoms with van der Waals surface area (Å²) in [7, 11) is 0. The number of hydrogen-bond acceptors (Lipinski definition) is 3. The van der Waals surface area contributed by atoms with Gasteiger partial charge in [0, 0.05) is 31.4 Å². The number of carbonyl (C=O) groups excluding carboxylic acids is 1. The highest BCUT2D eigenvalue weighted by Gasteiger charge is 2.28. The zero-order valence-electron chi connectivity index (χ0n) is 11.5. The van der Waals surface area contributed by atoms with Crippen LogP contribution in [-0.4, -0.2) is 51.1 Å². The second-order valence-corrected chi connectivity index (χ2v) is 5.10. The van der Waals surface area contributed by atoms with Gasteiger partial charge in [-0.05, 0) is 25.7 Å². The first-order valence-corrected chi connectivity index (χ1v) is 6.85. The van der Waals surface area contributed by atoms with Crippen LogP contribution < -0.4 is 5.32 Å². The predicted octanol–water partition coefficient (Wildman–Crippen LogP) is 0.847. The molecule has 0 radical (unpaired) electrons. The van der Waals surface area contributed by atoms with Crippen LogP contribution in [0.2, 0.25) is 0 Å². The Labute approximate surface area is 117 Å². The largest absolute Gasteiger partial charge is 0.480 e. The van der Waals surface area contributed by atoms with E-state index in [-0.39, 0.29) is 12.5 Å². The van der Waals surface area contributed by atoms with E-state index in [1.54, 1.807) is 11.1 Å². The Kier molecular flexibility index (Phi) is 4.60. The highest BCUT2D eigenvalue weighted by atomic mass is 16.4. The minimum absolute atomic E-state index is 0.196. The van der Waals surface area contributed by atoms with Gasteiger partial charge in [0.15, 0.2) is 0 Å². The third-order valence-corrected chi connectivity index (χ3v) is 3.42. The summed E-state index contributed by atoms with van der Waals surface area (Å²) in [4.78, 5) is 31.7. The number of aliphatic carboxylic acids is 1. The molecule has 1 heterocycles. The number of amides is 2. The second-order valence-electron chi connectivity index (χ2n) is 5.10. The normalized spacial score (nSPS) is 15.7. The van der Waals surface area contributed by atoms with E-state index in [0.717, 1.165) is 12.8 Å². The lowest BCUT2D eigenvalue weighted by molar-refractivity contribution is -0.139. The first-order chi connectivity index (χ1) is 9.60. The van der Waals surface area contributed by atoms with Crippen molar-refractivity contribution in [1.82, 2.24) is 20.2 Å². The molecule has 0 bridgehead atoms. The summed E-state index contributed by atoms with van der Waals surface area (Å²) in [6.45, 7) is 3.18. The summed E-state index contributed by atoms with van der Waals surface area (Å²) in [5.74, 6) is -0.466. The Morgan fingerprint density at radius 3 is 2.85 bits per heavy atom. The fourth-order valence-electron chi connectivity index (χ4n) is 2.02. The standard InChI is InChI=1S/C13H20N4O3/c1-2-17(7-9-3-4-9)13(20)16-11(12(18)19)5-10-6-14-8-15-10/h6,8-9,11H,2-5,7H2,1H3,(H,14,15)(H,16,20)(H,18,19). The maximum Gasteiger partial charge on any atom is 0.326 e. The van der Waals surface area contributed by atoms with Gasteiger partial charge >= 0.3 is 12.0 Å². The van der Waals surface area contributed by atoms with Crippen molar-refractivity contribution >= 4 is 12.0 Å². The summed E-state index contributed by atoms with van der Waals surface area (Å²) in [5, 5.41) is 11.8. The minimum Gasteiger partial charge on any atom is -0.480 e. The molecule has 7 heteroatoms. The van der Waals surface area contributed by atoms with Crippen molar-refractivity contribution in [3.8, 4) is 0 Å². The molecule has 20 heavy (non-hydrogen) atoms. The predicted molar refractivity (Wildman–Crippen MR) is 72.2 cm³/mol. The summed E-state index contributed by atoms with van der Waals surface area (Å²) in [5.41, 5.74) is 0.683. The van der Waals surface area contributed by atoms with Gasteiger partial charge in [0.1, 0.15) is 6.04 Å². The van der Waals surface area contributed by atoms with Gasteiger partial charge in [-0.15, -0.1) is 0 Å². The molecule has 1 fully saturated rings. The van der Waals surface area contributed by atoms with Gasteiger partial charge < -0.3 is 20.3 Å². The average Bonchev–Trinajstić information content (AvgIpc) is 3.09. The van der Waals surface area contributed by atoms with E-state index < -0.39 is 12.0 Å². The molecular weight excluding hydrogens is 260 g/mol. The third-order valence-electron chi connectivity index (χ3n) is 3.42. The van der Waals surface area contributed by atoms with E-state index in [0.29, 0.717) is 24.7 Å². The van der Waals surface area contributed by atoms with Crippen molar-refractivity contribution in [2.45, 2.75) is 32.2 Å². The third kappa shape index (κ3) is 3.97. The Hall–Kier alpha value is -2.05. The monoisotopic (exact) mass is 280 g/mol. The van der Waals surface area contributed by atoms with E-state index >= 15 is 0 Å². The molecule has 0 saturated heterocycles. The van der Waals surface area contributed by atoms with Crippen molar-refractivity contribution in [3.63, 3.8) is 0 Å². The van der Waals surface area contributed by atoms with Crippen LogP contribution in [0, 0.1) is 5.92 Å². The highest BCUT2D eigenvalue weighted by Crippen LogP contribution is 2.29. The van der Waals surface area contributed by atoms with Crippen LogP contribution in [0.1, 0.15) is 25.5 Å². The molecule has 1 saturated carbocycles. The Balaban J connectivity index is 1.92. The van der Waals surface area contributed by atoms with E-state index in [2.05, 4.69) is 15.3 Å². The van der Waals surface area contributed by atoms with Gasteiger partial charge in [-0.2, -0.15) is 0 Å². The van der Waals surface area contributed by atoms with Gasteiger partial charge in [0.25, 0.3) is 0 Å². The number of rotatable bonds is 7. The molecular formula is C13H20N4O3. The molecule has 110 valence electrons. The molecule has 1 aliphatic carbocycles. The maximum atomic E-state index is 12.1. The minimum atomic E-state index is -1.05. The molecule has 7 nitrogen and oxygen atoms in total. The van der Waals surface area contributed by atoms with Crippen LogP contribution in [-0.2, 0) is 11.2 Å². The molecule has 2 amide bonds. The van der Waals surface area contributed by atoms with E-state index in [1.165, 1.54) is 6.33 Å². The van der Waals surface area contributed by atoms with Crippen molar-refractivity contribution in [1.29, 1.82) is 0 Å². The Bertz CT molecular complexity index is 456. The van der Waals surface area contributed by atoms with E-state index in [9.17, 15) is 14.7 Å². The van der Waals surface area contributed by atoms with Crippen LogP contribution in [0.25, 0.3) is 0 Å². The number of hydrogen-bond donors (Lipinski definition) is 3. The van der Waals surface area contributed by atoms with Gasteiger partial charge in [-0.1, -0.05) is 0 Å². The number of carboxylic acids is 1. The lowest BCUT2D eigenvalue weighted by Gasteiger charge is -2.23. The van der Waals surface area contributed by atoms with Crippen LogP contribution >= 0.6 is 0 Å². The van der Waals surface area contributed by atoms with Crippen LogP contribution in [0.3, 0.4) is 0 Å². The zero-order chi connectivity index (χ0) is 14.5. The lowest BCUT2D eigenvalue weighted by atomic mass is 10.1. The van der Waals surface area contributed by atoms with Gasteiger partial charge in [0.05, 0.1) is 6.33 Å². The maximum absolute atomic E-state index is 12.1. The molecule has 0 spiro atoms. The van der Waals surface area contributed by atoms with E-state index in [4.69, 9.17) is 0 Å². The first-order valence-electron chi connectivity index (χ1n) is 6.85. The second kappa shape index (κ2) is 6.40. The summed E-state index contributed by atoms with van der Waals surface area (Å²) >= 11 is 0. The van der Waals surface area contributed by atoms with Gasteiger partial charge in [0.2, 0.25) is 0 Å². The number of carbonyl (C=O) groups is 2. The smallest absolute Gasteiger partial charge is 0.326 e. The van der Waals surface area contributed by atoms with Crippen LogP contribution in [0.5, 0.6) is 0 Å². The fourth-order valence-corrected chi connectivity index (χ4v) is 2.02. The molecule has 0 aromatic carbocycles. The summed E-state index contributed by atoms with van der Waals surface area (Å²) < 4.78 is 0. The first kappa shape index (κ1) is 14.4. The van der Waals surface area contributed by atoms with Crippen molar-refractivity contribution in [2.75, 3.05) is 13.1 Å². The van der Waals surface area contributed by atoms with Crippen LogP contribution in [0.4, 0.5) is 4.79 Å². The van der Waals surface area contributed by atoms with Gasteiger partial charge in [-0.3, -0.25) is 0 Å². The zero-order valence-corrected chi connectivity index (χ0v) is 11.5. The highest BCUT2D eigenvalue weighted by molar-refractivity contribution is 5.82. The molecule has 3 N–H and O–H groups in total. The van der Waals surface area contributed by atoms with Crippen molar-refractivity contribution < 1.29 is 14.7 Å². The number of H-pyrrole nitrogens is 1. The number of nitrogens with zero attached hydrogens (tertiary/aromatic N) is 2. The summed E-state index contributed by atoms with van der Waals surface area (Å²) in [6, 6.07) is -1.26. The molecule has 1 aromatic heterocycles. The number of imidazole rings is 1. The molecule has 0 aliphatic heterocycles. The van der Waals surface area contributed by atoms with Crippen molar-refractivity contribution in [3.05, 3.63) is 18.2 Å². The SMILES string of the molecule is CCN(CC1CC1)C(=O)NC(Cc1cnc[nH]1)C(=O)O. The number of urea groups is 1. The number of aromatic amines is 1. The van der Waals surface area contributed by atoms with Gasteiger partial charge in [-0.25, -0.2) is 14.6 Å². The van der Waals surface area contributed by atoms with E-state index in [1.807, 2.05) is 6.92 Å². The topological polar surface area (TPSA) is 98.3 Å². The molecule has 1 atom stereocenters. The number of carboxylic acid groups (broad SMARTS) is 1. The average molecular weight is 280 g/mol. The van der Waals surface area contributed by atoms with Crippen molar-refractivity contribution in [2.24, 2.45) is 5.92 Å². The number of aromatic nitrogens is 2. The Morgan fingerprint density at radius 1 is 1.60 bits per heavy atom. The molecule has 1 aliphatic rings. The molecule has 1 unspecified atom stereocenters. The Morgan fingerprint density at radius 2 is 2.35 bits per heavy atom. The lowest BCUT2D eigenvalue weighted by Crippen LogP contribution is -2.49. The quantitative estimate of drug-likeness (QED) is 0.689. The molecule has 2 rings (SSSR count). The number of nitrogens with one attached hydrogen (secondary N) is 2. The summed E-state index contributed by atoms with van der Waals surface area (Å²) in [6.07, 6.45) is 5.55. The fraction of sp³-hybridized carbons (Fsp3) is 0.615. The van der Waals surface area contributed by atoms with Crippen LogP contribution in [0.15, 0.2) is 12.5 Å².